The Morgan fingerprint density at radius 1 is 0.957 bits per heavy atom. The molecule has 1 atom stereocenters. The Hall–Kier alpha value is -2.08. The van der Waals surface area contributed by atoms with Crippen LogP contribution in [-0.4, -0.2) is 11.7 Å². The highest BCUT2D eigenvalue weighted by Gasteiger charge is 2.62. The number of aliphatic hydroxyl groups is 1. The van der Waals surface area contributed by atoms with Crippen molar-refractivity contribution >= 4 is 0 Å². The molecule has 0 amide bonds. The first-order valence-corrected chi connectivity index (χ1v) is 7.11. The van der Waals surface area contributed by atoms with Crippen LogP contribution in [0, 0.1) is 0 Å². The van der Waals surface area contributed by atoms with E-state index in [1.165, 1.54) is 30.3 Å². The number of fused-ring (bicyclic) bond motifs is 2. The Bertz CT molecular complexity index is 743. The van der Waals surface area contributed by atoms with Gasteiger partial charge in [-0.25, -0.2) is 0 Å². The first-order chi connectivity index (χ1) is 10.8. The summed E-state index contributed by atoms with van der Waals surface area (Å²) in [6, 6.07) is 8.10. The van der Waals surface area contributed by atoms with E-state index in [-0.39, 0.29) is 23.5 Å². The van der Waals surface area contributed by atoms with E-state index in [4.69, 9.17) is 4.74 Å². The van der Waals surface area contributed by atoms with Gasteiger partial charge in [0, 0.05) is 11.1 Å². The van der Waals surface area contributed by atoms with Crippen molar-refractivity contribution in [2.24, 2.45) is 0 Å². The van der Waals surface area contributed by atoms with Crippen molar-refractivity contribution in [3.63, 3.8) is 0 Å². The van der Waals surface area contributed by atoms with Gasteiger partial charge in [0.15, 0.2) is 0 Å². The van der Waals surface area contributed by atoms with Crippen LogP contribution in [0.15, 0.2) is 42.5 Å². The molecule has 23 heavy (non-hydrogen) atoms. The zero-order chi connectivity index (χ0) is 16.8. The van der Waals surface area contributed by atoms with E-state index >= 15 is 0 Å². The molecule has 6 heteroatoms. The van der Waals surface area contributed by atoms with E-state index in [1.54, 1.807) is 6.92 Å². The normalized spacial score (nSPS) is 21.0. The van der Waals surface area contributed by atoms with Gasteiger partial charge in [-0.3, -0.25) is 0 Å². The summed E-state index contributed by atoms with van der Waals surface area (Å²) in [6.07, 6.45) is -1.58. The number of hydrogen-bond acceptors (Lipinski definition) is 2. The van der Waals surface area contributed by atoms with Crippen molar-refractivity contribution in [1.29, 1.82) is 0 Å². The minimum Gasteiger partial charge on any atom is -0.494 e. The van der Waals surface area contributed by atoms with Crippen molar-refractivity contribution in [3.8, 4) is 5.75 Å². The lowest BCUT2D eigenvalue weighted by Gasteiger charge is -2.27. The predicted octanol–water partition coefficient (Wildman–Crippen LogP) is 4.36. The van der Waals surface area contributed by atoms with Gasteiger partial charge in [0.05, 0.1) is 6.61 Å². The van der Waals surface area contributed by atoms with Gasteiger partial charge in [0.25, 0.3) is 0 Å². The molecule has 0 saturated heterocycles. The quantitative estimate of drug-likeness (QED) is 0.831. The van der Waals surface area contributed by atoms with E-state index < -0.39 is 29.1 Å². The first-order valence-electron chi connectivity index (χ1n) is 7.11. The number of halogens is 4. The number of benzene rings is 2. The van der Waals surface area contributed by atoms with Crippen molar-refractivity contribution in [2.45, 2.75) is 24.9 Å². The molecule has 1 unspecified atom stereocenters. The van der Waals surface area contributed by atoms with Crippen LogP contribution >= 0.6 is 0 Å². The van der Waals surface area contributed by atoms with Gasteiger partial charge in [-0.1, -0.05) is 24.3 Å². The maximum atomic E-state index is 14.5. The number of rotatable bonds is 2. The second-order valence-electron chi connectivity index (χ2n) is 5.32. The smallest absolute Gasteiger partial charge is 0.340 e. The second kappa shape index (κ2) is 5.23. The molecule has 2 nitrogen and oxygen atoms in total. The average molecular weight is 326 g/mol. The second-order valence-corrected chi connectivity index (χ2v) is 5.32. The summed E-state index contributed by atoms with van der Waals surface area (Å²) in [4.78, 5) is 0. The molecule has 0 heterocycles. The van der Waals surface area contributed by atoms with Crippen LogP contribution in [0.2, 0.25) is 0 Å². The van der Waals surface area contributed by atoms with Crippen molar-refractivity contribution in [1.82, 2.24) is 0 Å². The number of ether oxygens (including phenoxy) is 1. The minimum atomic E-state index is -4.44. The summed E-state index contributed by atoms with van der Waals surface area (Å²) < 4.78 is 63.1. The number of alkyl halides is 4. The van der Waals surface area contributed by atoms with Crippen molar-refractivity contribution in [3.05, 3.63) is 64.7 Å². The number of aliphatic hydroxyl groups excluding tert-OH is 1. The van der Waals surface area contributed by atoms with Crippen LogP contribution < -0.4 is 4.74 Å². The van der Waals surface area contributed by atoms with E-state index in [2.05, 4.69) is 0 Å². The van der Waals surface area contributed by atoms with Gasteiger partial charge >= 0.3 is 11.8 Å². The first kappa shape index (κ1) is 15.8. The summed E-state index contributed by atoms with van der Waals surface area (Å²) in [5.41, 5.74) is -2.27. The maximum Gasteiger partial charge on any atom is 0.340 e. The van der Waals surface area contributed by atoms with Gasteiger partial charge < -0.3 is 9.84 Å². The molecule has 0 fully saturated rings. The third kappa shape index (κ3) is 2.20. The van der Waals surface area contributed by atoms with E-state index in [0.717, 1.165) is 12.1 Å². The zero-order valence-corrected chi connectivity index (χ0v) is 12.2. The van der Waals surface area contributed by atoms with Crippen LogP contribution in [0.5, 0.6) is 5.75 Å². The Morgan fingerprint density at radius 3 is 2.22 bits per heavy atom. The third-order valence-electron chi connectivity index (χ3n) is 3.95. The summed E-state index contributed by atoms with van der Waals surface area (Å²) in [7, 11) is 0. The lowest BCUT2D eigenvalue weighted by Crippen LogP contribution is -2.35. The molecule has 2 aromatic rings. The lowest BCUT2D eigenvalue weighted by atomic mass is 9.96. The SMILES string of the molecule is CCOc1ccc2c(c1)C(O)c1ccccc1C(F)(F)C2(F)F. The zero-order valence-electron chi connectivity index (χ0n) is 12.2. The lowest BCUT2D eigenvalue weighted by molar-refractivity contribution is -0.223. The van der Waals surface area contributed by atoms with Gasteiger partial charge in [0.2, 0.25) is 0 Å². The van der Waals surface area contributed by atoms with Crippen molar-refractivity contribution < 1.29 is 27.4 Å². The fourth-order valence-corrected chi connectivity index (χ4v) is 2.84. The van der Waals surface area contributed by atoms with Crippen LogP contribution in [0.4, 0.5) is 17.6 Å². The fraction of sp³-hybridized carbons (Fsp3) is 0.294. The third-order valence-corrected chi connectivity index (χ3v) is 3.95. The van der Waals surface area contributed by atoms with Gasteiger partial charge in [0.1, 0.15) is 11.9 Å². The Morgan fingerprint density at radius 2 is 1.57 bits per heavy atom. The Kier molecular flexibility index (Phi) is 3.59. The highest BCUT2D eigenvalue weighted by atomic mass is 19.3. The van der Waals surface area contributed by atoms with E-state index in [9.17, 15) is 22.7 Å². The molecule has 3 rings (SSSR count). The molecular weight excluding hydrogens is 312 g/mol. The van der Waals surface area contributed by atoms with Crippen LogP contribution in [0.25, 0.3) is 0 Å². The van der Waals surface area contributed by atoms with E-state index in [1.807, 2.05) is 0 Å². The average Bonchev–Trinajstić information content (AvgIpc) is 2.57. The molecule has 1 aliphatic carbocycles. The Labute approximate surface area is 130 Å². The molecule has 122 valence electrons. The van der Waals surface area contributed by atoms with E-state index in [0.29, 0.717) is 0 Å². The fourth-order valence-electron chi connectivity index (χ4n) is 2.84. The predicted molar refractivity (Wildman–Crippen MR) is 75.9 cm³/mol. The van der Waals surface area contributed by atoms with Crippen LogP contribution in [0.3, 0.4) is 0 Å². The monoisotopic (exact) mass is 326 g/mol. The summed E-state index contributed by atoms with van der Waals surface area (Å²) in [5.74, 6) is -8.63. The molecule has 0 aromatic heterocycles. The van der Waals surface area contributed by atoms with Gasteiger partial charge in [-0.2, -0.15) is 17.6 Å². The largest absolute Gasteiger partial charge is 0.494 e. The summed E-state index contributed by atoms with van der Waals surface area (Å²) in [6.45, 7) is 2.00. The van der Waals surface area contributed by atoms with Gasteiger partial charge in [-0.05, 0) is 36.2 Å². The van der Waals surface area contributed by atoms with Crippen LogP contribution in [-0.2, 0) is 11.8 Å². The molecular formula is C17H14F4O2. The maximum absolute atomic E-state index is 14.5. The molecule has 0 saturated carbocycles. The molecule has 1 aliphatic rings. The molecule has 0 radical (unpaired) electrons. The number of hydrogen-bond donors (Lipinski definition) is 1. The topological polar surface area (TPSA) is 29.5 Å². The molecule has 0 bridgehead atoms. The standard InChI is InChI=1S/C17H14F4O2/c1-2-23-10-7-8-14-12(9-10)15(22)11-5-3-4-6-13(11)16(18,19)17(14,20)21/h3-9,15,22H,2H2,1H3. The highest BCUT2D eigenvalue weighted by Crippen LogP contribution is 2.55. The van der Waals surface area contributed by atoms with Crippen LogP contribution in [0.1, 0.15) is 35.3 Å². The summed E-state index contributed by atoms with van der Waals surface area (Å²) >= 11 is 0. The minimum absolute atomic E-state index is 0.232. The molecule has 1 N–H and O–H groups in total. The highest BCUT2D eigenvalue weighted by molar-refractivity contribution is 5.50. The Balaban J connectivity index is 2.32. The molecule has 0 spiro atoms. The molecule has 2 aromatic carbocycles. The van der Waals surface area contributed by atoms with Gasteiger partial charge in [-0.15, -0.1) is 0 Å². The molecule has 0 aliphatic heterocycles. The summed E-state index contributed by atoms with van der Waals surface area (Å²) in [5, 5.41) is 10.4. The van der Waals surface area contributed by atoms with Crippen molar-refractivity contribution in [2.75, 3.05) is 6.61 Å².